The molecule has 0 aliphatic carbocycles. The van der Waals surface area contributed by atoms with Crippen LogP contribution in [0.5, 0.6) is 5.75 Å². The number of anilines is 1. The van der Waals surface area contributed by atoms with Gasteiger partial charge in [-0.2, -0.15) is 0 Å². The highest BCUT2D eigenvalue weighted by molar-refractivity contribution is 5.78. The summed E-state index contributed by atoms with van der Waals surface area (Å²) in [5.74, 6) is 1.32. The molecular formula is C15H14N2O2. The zero-order chi connectivity index (χ0) is 13.4. The van der Waals surface area contributed by atoms with Crippen molar-refractivity contribution in [2.75, 3.05) is 12.8 Å². The van der Waals surface area contributed by atoms with Crippen molar-refractivity contribution in [2.45, 2.75) is 6.92 Å². The summed E-state index contributed by atoms with van der Waals surface area (Å²) in [7, 11) is 1.63. The Labute approximate surface area is 110 Å². The summed E-state index contributed by atoms with van der Waals surface area (Å²) in [6.45, 7) is 1.97. The fraction of sp³-hybridized carbons (Fsp3) is 0.133. The van der Waals surface area contributed by atoms with Gasteiger partial charge in [0.25, 0.3) is 0 Å². The molecule has 4 nitrogen and oxygen atoms in total. The molecule has 0 saturated heterocycles. The van der Waals surface area contributed by atoms with Gasteiger partial charge in [-0.05, 0) is 36.8 Å². The summed E-state index contributed by atoms with van der Waals surface area (Å²) in [6.07, 6.45) is 0. The number of nitrogen functional groups attached to an aromatic ring is 1. The summed E-state index contributed by atoms with van der Waals surface area (Å²) >= 11 is 0. The van der Waals surface area contributed by atoms with E-state index >= 15 is 0 Å². The van der Waals surface area contributed by atoms with Gasteiger partial charge in [0.1, 0.15) is 11.3 Å². The highest BCUT2D eigenvalue weighted by Crippen LogP contribution is 2.28. The molecule has 2 N–H and O–H groups in total. The molecule has 0 aliphatic heterocycles. The minimum Gasteiger partial charge on any atom is -0.497 e. The van der Waals surface area contributed by atoms with Crippen LogP contribution in [-0.2, 0) is 0 Å². The summed E-state index contributed by atoms with van der Waals surface area (Å²) in [4.78, 5) is 4.46. The van der Waals surface area contributed by atoms with Gasteiger partial charge in [0, 0.05) is 17.3 Å². The van der Waals surface area contributed by atoms with Crippen LogP contribution < -0.4 is 10.5 Å². The summed E-state index contributed by atoms with van der Waals surface area (Å²) in [5.41, 5.74) is 10.1. The third-order valence-electron chi connectivity index (χ3n) is 3.12. The predicted octanol–water partition coefficient (Wildman–Crippen LogP) is 3.39. The monoisotopic (exact) mass is 254 g/mol. The number of oxazole rings is 1. The molecule has 96 valence electrons. The highest BCUT2D eigenvalue weighted by atomic mass is 16.5. The predicted molar refractivity (Wildman–Crippen MR) is 75.1 cm³/mol. The van der Waals surface area contributed by atoms with E-state index in [1.54, 1.807) is 7.11 Å². The van der Waals surface area contributed by atoms with Gasteiger partial charge in [-0.15, -0.1) is 0 Å². The van der Waals surface area contributed by atoms with Gasteiger partial charge in [-0.25, -0.2) is 4.98 Å². The van der Waals surface area contributed by atoms with Crippen molar-refractivity contribution in [3.63, 3.8) is 0 Å². The van der Waals surface area contributed by atoms with Gasteiger partial charge < -0.3 is 14.9 Å². The molecule has 19 heavy (non-hydrogen) atoms. The Morgan fingerprint density at radius 3 is 2.74 bits per heavy atom. The Morgan fingerprint density at radius 1 is 1.16 bits per heavy atom. The van der Waals surface area contributed by atoms with E-state index in [4.69, 9.17) is 14.9 Å². The molecule has 0 saturated carbocycles. The number of aromatic nitrogens is 1. The van der Waals surface area contributed by atoms with E-state index in [9.17, 15) is 0 Å². The molecule has 0 bridgehead atoms. The second-order valence-corrected chi connectivity index (χ2v) is 4.42. The average Bonchev–Trinajstić information content (AvgIpc) is 2.84. The normalized spacial score (nSPS) is 10.8. The number of hydrogen-bond donors (Lipinski definition) is 1. The molecule has 4 heteroatoms. The van der Waals surface area contributed by atoms with E-state index in [-0.39, 0.29) is 0 Å². The van der Waals surface area contributed by atoms with Gasteiger partial charge in [-0.1, -0.05) is 6.07 Å². The van der Waals surface area contributed by atoms with Gasteiger partial charge >= 0.3 is 0 Å². The zero-order valence-corrected chi connectivity index (χ0v) is 10.8. The second-order valence-electron chi connectivity index (χ2n) is 4.42. The molecule has 3 aromatic rings. The van der Waals surface area contributed by atoms with Crippen LogP contribution in [0.4, 0.5) is 5.69 Å². The lowest BCUT2D eigenvalue weighted by molar-refractivity contribution is 0.415. The maximum absolute atomic E-state index is 5.91. The molecule has 2 aromatic carbocycles. The number of nitrogens with zero attached hydrogens (tertiary/aromatic N) is 1. The lowest BCUT2D eigenvalue weighted by Gasteiger charge is -2.00. The molecule has 0 amide bonds. The lowest BCUT2D eigenvalue weighted by atomic mass is 10.1. The van der Waals surface area contributed by atoms with E-state index in [1.165, 1.54) is 0 Å². The number of ether oxygens (including phenoxy) is 1. The summed E-state index contributed by atoms with van der Waals surface area (Å²) in [5, 5.41) is 0. The van der Waals surface area contributed by atoms with Gasteiger partial charge in [0.15, 0.2) is 5.58 Å². The van der Waals surface area contributed by atoms with Gasteiger partial charge in [-0.3, -0.25) is 0 Å². The Morgan fingerprint density at radius 2 is 2.00 bits per heavy atom. The van der Waals surface area contributed by atoms with Crippen LogP contribution in [0.15, 0.2) is 40.8 Å². The second kappa shape index (κ2) is 4.31. The molecule has 0 radical (unpaired) electrons. The first-order valence-electron chi connectivity index (χ1n) is 5.98. The standard InChI is InChI=1S/C15H14N2O2/c1-9-3-4-10(7-12(9)16)15-17-13-8-11(18-2)5-6-14(13)19-15/h3-8H,16H2,1-2H3. The Hall–Kier alpha value is -2.49. The molecule has 0 atom stereocenters. The van der Waals surface area contributed by atoms with E-state index in [2.05, 4.69) is 4.98 Å². The third kappa shape index (κ3) is 2.01. The molecule has 0 spiro atoms. The van der Waals surface area contributed by atoms with E-state index < -0.39 is 0 Å². The quantitative estimate of drug-likeness (QED) is 0.712. The van der Waals surface area contributed by atoms with Crippen LogP contribution in [0, 0.1) is 6.92 Å². The van der Waals surface area contributed by atoms with Crippen molar-refractivity contribution in [3.8, 4) is 17.2 Å². The van der Waals surface area contributed by atoms with Crippen molar-refractivity contribution in [1.29, 1.82) is 0 Å². The minimum atomic E-state index is 0.565. The van der Waals surface area contributed by atoms with Crippen LogP contribution in [0.2, 0.25) is 0 Å². The molecule has 0 fully saturated rings. The minimum absolute atomic E-state index is 0.565. The maximum Gasteiger partial charge on any atom is 0.227 e. The van der Waals surface area contributed by atoms with Crippen LogP contribution in [-0.4, -0.2) is 12.1 Å². The van der Waals surface area contributed by atoms with Crippen LogP contribution in [0.25, 0.3) is 22.6 Å². The summed E-state index contributed by atoms with van der Waals surface area (Å²) in [6, 6.07) is 11.3. The topological polar surface area (TPSA) is 61.3 Å². The highest BCUT2D eigenvalue weighted by Gasteiger charge is 2.09. The van der Waals surface area contributed by atoms with Crippen LogP contribution >= 0.6 is 0 Å². The molecule has 3 rings (SSSR count). The Balaban J connectivity index is 2.11. The van der Waals surface area contributed by atoms with Crippen molar-refractivity contribution < 1.29 is 9.15 Å². The first-order valence-corrected chi connectivity index (χ1v) is 5.98. The van der Waals surface area contributed by atoms with Crippen molar-refractivity contribution >= 4 is 16.8 Å². The molecule has 1 heterocycles. The average molecular weight is 254 g/mol. The first kappa shape index (κ1) is 11.6. The van der Waals surface area contributed by atoms with Gasteiger partial charge in [0.2, 0.25) is 5.89 Å². The van der Waals surface area contributed by atoms with Crippen LogP contribution in [0.1, 0.15) is 5.56 Å². The number of methoxy groups -OCH3 is 1. The molecular weight excluding hydrogens is 240 g/mol. The third-order valence-corrected chi connectivity index (χ3v) is 3.12. The first-order chi connectivity index (χ1) is 9.17. The van der Waals surface area contributed by atoms with Gasteiger partial charge in [0.05, 0.1) is 7.11 Å². The molecule has 0 aliphatic rings. The summed E-state index contributed by atoms with van der Waals surface area (Å²) < 4.78 is 10.9. The maximum atomic E-state index is 5.91. The van der Waals surface area contributed by atoms with E-state index in [0.717, 1.165) is 33.7 Å². The number of nitrogens with two attached hydrogens (primary N) is 1. The van der Waals surface area contributed by atoms with Crippen molar-refractivity contribution in [1.82, 2.24) is 4.98 Å². The number of benzene rings is 2. The van der Waals surface area contributed by atoms with E-state index in [0.29, 0.717) is 5.89 Å². The number of hydrogen-bond acceptors (Lipinski definition) is 4. The number of rotatable bonds is 2. The fourth-order valence-electron chi connectivity index (χ4n) is 1.93. The van der Waals surface area contributed by atoms with Crippen LogP contribution in [0.3, 0.4) is 0 Å². The lowest BCUT2D eigenvalue weighted by Crippen LogP contribution is -1.89. The Kier molecular flexibility index (Phi) is 2.63. The van der Waals surface area contributed by atoms with Crippen molar-refractivity contribution in [3.05, 3.63) is 42.0 Å². The number of aryl methyl sites for hydroxylation is 1. The smallest absolute Gasteiger partial charge is 0.227 e. The fourth-order valence-corrected chi connectivity index (χ4v) is 1.93. The largest absolute Gasteiger partial charge is 0.497 e. The molecule has 1 aromatic heterocycles. The molecule has 0 unspecified atom stereocenters. The Bertz CT molecular complexity index is 747. The van der Waals surface area contributed by atoms with E-state index in [1.807, 2.05) is 43.3 Å². The SMILES string of the molecule is COc1ccc2oc(-c3ccc(C)c(N)c3)nc2c1. The zero-order valence-electron chi connectivity index (χ0n) is 10.8. The van der Waals surface area contributed by atoms with Crippen molar-refractivity contribution in [2.24, 2.45) is 0 Å². The number of fused-ring (bicyclic) bond motifs is 1.